The SMILES string of the molecule is CCc1cc(C(=O)OC)c(=O)n(Cc2ccc(OC)cc2OC)c1-c1ccc2c(c1)cc1n2CCC1O. The van der Waals surface area contributed by atoms with Gasteiger partial charge in [-0.1, -0.05) is 13.0 Å². The number of aliphatic hydroxyl groups is 1. The first-order chi connectivity index (χ1) is 17.9. The van der Waals surface area contributed by atoms with E-state index in [2.05, 4.69) is 4.57 Å². The number of carbonyl (C=O) groups is 1. The molecule has 4 aromatic rings. The summed E-state index contributed by atoms with van der Waals surface area (Å²) in [7, 11) is 4.42. The van der Waals surface area contributed by atoms with Gasteiger partial charge in [0, 0.05) is 34.8 Å². The number of ether oxygens (including phenoxy) is 3. The third kappa shape index (κ3) is 4.17. The highest BCUT2D eigenvalue weighted by Crippen LogP contribution is 2.36. The minimum Gasteiger partial charge on any atom is -0.497 e. The van der Waals surface area contributed by atoms with Crippen LogP contribution in [-0.2, 0) is 24.2 Å². The summed E-state index contributed by atoms with van der Waals surface area (Å²) >= 11 is 0. The molecule has 0 amide bonds. The molecular weight excluding hydrogens is 472 g/mol. The predicted octanol–water partition coefficient (Wildman–Crippen LogP) is 4.32. The molecule has 0 aliphatic carbocycles. The van der Waals surface area contributed by atoms with Gasteiger partial charge in [0.1, 0.15) is 17.1 Å². The minimum atomic E-state index is -0.671. The van der Waals surface area contributed by atoms with Crippen LogP contribution in [0.15, 0.2) is 53.3 Å². The lowest BCUT2D eigenvalue weighted by atomic mass is 9.99. The molecule has 0 saturated carbocycles. The molecule has 0 spiro atoms. The van der Waals surface area contributed by atoms with Crippen molar-refractivity contribution in [3.63, 3.8) is 0 Å². The van der Waals surface area contributed by atoms with Crippen molar-refractivity contribution in [3.05, 3.63) is 81.3 Å². The number of pyridine rings is 1. The summed E-state index contributed by atoms with van der Waals surface area (Å²) < 4.78 is 19.6. The molecule has 192 valence electrons. The summed E-state index contributed by atoms with van der Waals surface area (Å²) in [5.74, 6) is 0.544. The smallest absolute Gasteiger partial charge is 0.343 e. The highest BCUT2D eigenvalue weighted by Gasteiger charge is 2.25. The Morgan fingerprint density at radius 2 is 1.84 bits per heavy atom. The van der Waals surface area contributed by atoms with Crippen molar-refractivity contribution in [3.8, 4) is 22.8 Å². The van der Waals surface area contributed by atoms with Crippen LogP contribution in [0.1, 0.15) is 46.6 Å². The van der Waals surface area contributed by atoms with Crippen molar-refractivity contribution in [1.82, 2.24) is 9.13 Å². The summed E-state index contributed by atoms with van der Waals surface area (Å²) in [6.45, 7) is 2.95. The molecule has 2 aromatic heterocycles. The Morgan fingerprint density at radius 3 is 2.54 bits per heavy atom. The molecule has 1 aliphatic heterocycles. The van der Waals surface area contributed by atoms with E-state index < -0.39 is 17.6 Å². The Balaban J connectivity index is 1.73. The van der Waals surface area contributed by atoms with Crippen LogP contribution in [0.3, 0.4) is 0 Å². The van der Waals surface area contributed by atoms with Crippen molar-refractivity contribution < 1.29 is 24.1 Å². The number of methoxy groups -OCH3 is 3. The van der Waals surface area contributed by atoms with E-state index in [4.69, 9.17) is 14.2 Å². The maximum atomic E-state index is 13.7. The number of aliphatic hydroxyl groups excluding tert-OH is 1. The number of hydrogen-bond donors (Lipinski definition) is 1. The van der Waals surface area contributed by atoms with E-state index in [1.807, 2.05) is 43.3 Å². The van der Waals surface area contributed by atoms with Gasteiger partial charge in [0.05, 0.1) is 39.7 Å². The zero-order chi connectivity index (χ0) is 26.3. The molecule has 8 nitrogen and oxygen atoms in total. The summed E-state index contributed by atoms with van der Waals surface area (Å²) in [5.41, 5.74) is 4.70. The molecule has 1 atom stereocenters. The number of benzene rings is 2. The van der Waals surface area contributed by atoms with Crippen molar-refractivity contribution in [1.29, 1.82) is 0 Å². The number of fused-ring (bicyclic) bond motifs is 3. The lowest BCUT2D eigenvalue weighted by Crippen LogP contribution is -2.30. The fourth-order valence-corrected chi connectivity index (χ4v) is 5.26. The minimum absolute atomic E-state index is 0.0115. The van der Waals surface area contributed by atoms with Gasteiger partial charge in [0.2, 0.25) is 0 Å². The Kier molecular flexibility index (Phi) is 6.52. The van der Waals surface area contributed by atoms with Gasteiger partial charge in [-0.15, -0.1) is 0 Å². The average molecular weight is 503 g/mol. The molecule has 3 heterocycles. The Labute approximate surface area is 214 Å². The molecule has 0 fully saturated rings. The van der Waals surface area contributed by atoms with Gasteiger partial charge in [-0.05, 0) is 60.4 Å². The average Bonchev–Trinajstić information content (AvgIpc) is 3.47. The summed E-state index contributed by atoms with van der Waals surface area (Å²) in [6.07, 6.45) is 0.843. The first-order valence-electron chi connectivity index (χ1n) is 12.3. The van der Waals surface area contributed by atoms with Gasteiger partial charge in [0.25, 0.3) is 5.56 Å². The normalized spacial score (nSPS) is 14.6. The molecule has 0 saturated heterocycles. The van der Waals surface area contributed by atoms with Crippen molar-refractivity contribution in [2.75, 3.05) is 21.3 Å². The second-order valence-corrected chi connectivity index (χ2v) is 9.14. The van der Waals surface area contributed by atoms with Crippen LogP contribution in [0.25, 0.3) is 22.2 Å². The number of nitrogens with zero attached hydrogens (tertiary/aromatic N) is 2. The van der Waals surface area contributed by atoms with E-state index in [0.717, 1.165) is 45.5 Å². The van der Waals surface area contributed by atoms with Crippen LogP contribution in [0, 0.1) is 0 Å². The number of hydrogen-bond acceptors (Lipinski definition) is 6. The lowest BCUT2D eigenvalue weighted by Gasteiger charge is -2.20. The molecule has 2 aromatic carbocycles. The van der Waals surface area contributed by atoms with Crippen LogP contribution in [0.4, 0.5) is 0 Å². The van der Waals surface area contributed by atoms with Gasteiger partial charge < -0.3 is 28.5 Å². The molecule has 1 unspecified atom stereocenters. The van der Waals surface area contributed by atoms with Crippen molar-refractivity contribution in [2.45, 2.75) is 39.0 Å². The van der Waals surface area contributed by atoms with E-state index in [0.29, 0.717) is 24.3 Å². The molecule has 8 heteroatoms. The number of carbonyl (C=O) groups excluding carboxylic acids is 1. The fraction of sp³-hybridized carbons (Fsp3) is 0.310. The summed E-state index contributed by atoms with van der Waals surface area (Å²) in [4.78, 5) is 26.3. The lowest BCUT2D eigenvalue weighted by molar-refractivity contribution is 0.0598. The molecule has 1 aliphatic rings. The molecule has 5 rings (SSSR count). The summed E-state index contributed by atoms with van der Waals surface area (Å²) in [5, 5.41) is 11.3. The second kappa shape index (κ2) is 9.78. The van der Waals surface area contributed by atoms with Crippen molar-refractivity contribution >= 4 is 16.9 Å². The van der Waals surface area contributed by atoms with Crippen LogP contribution in [0.5, 0.6) is 11.5 Å². The standard InChI is InChI=1S/C29H30N2O6/c1-5-17-13-22(29(34)37-4)28(33)31(16-19-6-8-21(35-2)15-26(19)36-3)27(17)18-7-9-23-20(12-18)14-24-25(32)10-11-30(23)24/h6-9,12-15,25,32H,5,10-11,16H2,1-4H3. The second-order valence-electron chi connectivity index (χ2n) is 9.14. The largest absolute Gasteiger partial charge is 0.497 e. The molecule has 0 bridgehead atoms. The van der Waals surface area contributed by atoms with E-state index >= 15 is 0 Å². The first kappa shape index (κ1) is 24.6. The third-order valence-corrected chi connectivity index (χ3v) is 7.15. The highest BCUT2D eigenvalue weighted by molar-refractivity contribution is 5.91. The first-order valence-corrected chi connectivity index (χ1v) is 12.3. The van der Waals surface area contributed by atoms with Gasteiger partial charge in [-0.2, -0.15) is 0 Å². The predicted molar refractivity (Wildman–Crippen MR) is 141 cm³/mol. The Hall–Kier alpha value is -4.04. The van der Waals surface area contributed by atoms with Crippen LogP contribution >= 0.6 is 0 Å². The van der Waals surface area contributed by atoms with Crippen LogP contribution in [0.2, 0.25) is 0 Å². The van der Waals surface area contributed by atoms with Gasteiger partial charge in [0.15, 0.2) is 0 Å². The van der Waals surface area contributed by atoms with E-state index in [1.54, 1.807) is 30.9 Å². The highest BCUT2D eigenvalue weighted by atomic mass is 16.5. The van der Waals surface area contributed by atoms with Crippen LogP contribution in [-0.4, -0.2) is 41.5 Å². The van der Waals surface area contributed by atoms with E-state index in [-0.39, 0.29) is 12.1 Å². The Bertz CT molecular complexity index is 1570. The van der Waals surface area contributed by atoms with E-state index in [9.17, 15) is 14.7 Å². The molecular formula is C29H30N2O6. The number of esters is 1. The quantitative estimate of drug-likeness (QED) is 0.379. The summed E-state index contributed by atoms with van der Waals surface area (Å²) in [6, 6.07) is 15.2. The molecule has 37 heavy (non-hydrogen) atoms. The maximum absolute atomic E-state index is 13.7. The number of aromatic nitrogens is 2. The van der Waals surface area contributed by atoms with E-state index in [1.165, 1.54) is 7.11 Å². The third-order valence-electron chi connectivity index (χ3n) is 7.15. The fourth-order valence-electron chi connectivity index (χ4n) is 5.26. The van der Waals surface area contributed by atoms with Gasteiger partial charge in [-0.3, -0.25) is 4.79 Å². The molecule has 0 radical (unpaired) electrons. The van der Waals surface area contributed by atoms with Crippen LogP contribution < -0.4 is 15.0 Å². The zero-order valence-corrected chi connectivity index (χ0v) is 21.4. The van der Waals surface area contributed by atoms with Gasteiger partial charge in [-0.25, -0.2) is 4.79 Å². The van der Waals surface area contributed by atoms with Crippen molar-refractivity contribution in [2.24, 2.45) is 0 Å². The number of aryl methyl sites for hydroxylation is 2. The number of rotatable bonds is 7. The maximum Gasteiger partial charge on any atom is 0.343 e. The zero-order valence-electron chi connectivity index (χ0n) is 21.4. The molecule has 1 N–H and O–H groups in total. The monoisotopic (exact) mass is 502 g/mol. The Morgan fingerprint density at radius 1 is 1.03 bits per heavy atom. The van der Waals surface area contributed by atoms with Gasteiger partial charge >= 0.3 is 5.97 Å². The topological polar surface area (TPSA) is 91.9 Å².